The number of rotatable bonds is 6. The van der Waals surface area contributed by atoms with Gasteiger partial charge in [0.1, 0.15) is 23.1 Å². The molecule has 0 bridgehead atoms. The van der Waals surface area contributed by atoms with Crippen LogP contribution in [0.25, 0.3) is 21.9 Å². The normalized spacial score (nSPS) is 11.3. The molecule has 4 aromatic rings. The van der Waals surface area contributed by atoms with Crippen molar-refractivity contribution in [3.8, 4) is 23.0 Å². The van der Waals surface area contributed by atoms with Gasteiger partial charge in [-0.3, -0.25) is 4.79 Å². The molecule has 2 aromatic carbocycles. The highest BCUT2D eigenvalue weighted by Gasteiger charge is 2.13. The van der Waals surface area contributed by atoms with Crippen LogP contribution >= 0.6 is 0 Å². The lowest BCUT2D eigenvalue weighted by atomic mass is 10.2. The highest BCUT2D eigenvalue weighted by Crippen LogP contribution is 2.37. The van der Waals surface area contributed by atoms with Gasteiger partial charge in [-0.15, -0.1) is 0 Å². The van der Waals surface area contributed by atoms with Crippen molar-refractivity contribution < 1.29 is 18.9 Å². The van der Waals surface area contributed by atoms with Crippen molar-refractivity contribution in [2.24, 2.45) is 5.10 Å². The maximum absolute atomic E-state index is 12.9. The molecule has 1 N–H and O–H groups in total. The van der Waals surface area contributed by atoms with Crippen LogP contribution in [0.15, 0.2) is 46.6 Å². The molecule has 30 heavy (non-hydrogen) atoms. The molecule has 0 aliphatic heterocycles. The number of hydrogen-bond acceptors (Lipinski definition) is 7. The minimum absolute atomic E-state index is 0.321. The molecule has 2 aromatic heterocycles. The number of hydrogen-bond donors (Lipinski definition) is 1. The molecule has 0 unspecified atom stereocenters. The van der Waals surface area contributed by atoms with Gasteiger partial charge in [0.05, 0.1) is 40.2 Å². The highest BCUT2D eigenvalue weighted by atomic mass is 16.5. The molecule has 2 heterocycles. The Morgan fingerprint density at radius 2 is 1.73 bits per heavy atom. The van der Waals surface area contributed by atoms with Crippen LogP contribution in [0.2, 0.25) is 0 Å². The molecular weight excluding hydrogens is 388 g/mol. The van der Waals surface area contributed by atoms with E-state index < -0.39 is 0 Å². The van der Waals surface area contributed by atoms with Crippen LogP contribution in [0, 0.1) is 0 Å². The summed E-state index contributed by atoms with van der Waals surface area (Å²) in [5.41, 5.74) is 2.05. The molecule has 0 aliphatic carbocycles. The first-order valence-corrected chi connectivity index (χ1v) is 9.01. The predicted octanol–water partition coefficient (Wildman–Crippen LogP) is 2.79. The average molecular weight is 408 g/mol. The van der Waals surface area contributed by atoms with E-state index in [0.717, 1.165) is 15.6 Å². The van der Waals surface area contributed by atoms with E-state index in [2.05, 4.69) is 15.1 Å². The van der Waals surface area contributed by atoms with Gasteiger partial charge >= 0.3 is 0 Å². The Balaban J connectivity index is 1.77. The fourth-order valence-corrected chi connectivity index (χ4v) is 3.24. The molecule has 154 valence electrons. The zero-order chi connectivity index (χ0) is 21.3. The average Bonchev–Trinajstić information content (AvgIpc) is 3.16. The number of benzene rings is 2. The first kappa shape index (κ1) is 19.3. The van der Waals surface area contributed by atoms with E-state index in [1.807, 2.05) is 18.2 Å². The topological polar surface area (TPSA) is 100.0 Å². The third-order valence-corrected chi connectivity index (χ3v) is 4.71. The Kier molecular flexibility index (Phi) is 5.01. The Morgan fingerprint density at radius 3 is 2.37 bits per heavy atom. The molecule has 0 saturated heterocycles. The molecular formula is C21H20N4O5. The van der Waals surface area contributed by atoms with Gasteiger partial charge in [0.25, 0.3) is 5.56 Å². The number of fused-ring (bicyclic) bond motifs is 3. The Hall–Kier alpha value is -4.01. The third kappa shape index (κ3) is 3.20. The summed E-state index contributed by atoms with van der Waals surface area (Å²) >= 11 is 0. The number of H-pyrrole nitrogens is 1. The minimum Gasteiger partial charge on any atom is -0.497 e. The van der Waals surface area contributed by atoms with Gasteiger partial charge in [0.2, 0.25) is 5.75 Å². The van der Waals surface area contributed by atoms with Crippen LogP contribution in [-0.2, 0) is 0 Å². The molecule has 9 nitrogen and oxygen atoms in total. The van der Waals surface area contributed by atoms with Crippen LogP contribution in [-0.4, -0.2) is 49.3 Å². The molecule has 0 saturated carbocycles. The summed E-state index contributed by atoms with van der Waals surface area (Å²) in [5, 5.41) is 5.09. The van der Waals surface area contributed by atoms with Crippen molar-refractivity contribution in [3.63, 3.8) is 0 Å². The largest absolute Gasteiger partial charge is 0.497 e. The maximum atomic E-state index is 12.9. The predicted molar refractivity (Wildman–Crippen MR) is 114 cm³/mol. The molecule has 0 radical (unpaired) electrons. The minimum atomic E-state index is -0.321. The monoisotopic (exact) mass is 408 g/mol. The summed E-state index contributed by atoms with van der Waals surface area (Å²) < 4.78 is 22.4. The van der Waals surface area contributed by atoms with Crippen LogP contribution < -0.4 is 24.5 Å². The van der Waals surface area contributed by atoms with Crippen molar-refractivity contribution in [1.29, 1.82) is 0 Å². The molecule has 0 amide bonds. The molecule has 4 rings (SSSR count). The number of nitrogens with zero attached hydrogens (tertiary/aromatic N) is 3. The van der Waals surface area contributed by atoms with E-state index in [0.29, 0.717) is 39.6 Å². The van der Waals surface area contributed by atoms with Crippen molar-refractivity contribution in [3.05, 3.63) is 52.6 Å². The standard InChI is InChI=1S/C21H20N4O5/c1-27-13-5-6-14-15(9-13)24-19-18(14)22-11-25(21(19)26)23-10-12-7-16(28-2)20(30-4)17(8-12)29-3/h5-11,24H,1-4H3/b23-10-. The Labute approximate surface area is 171 Å². The van der Waals surface area contributed by atoms with Gasteiger partial charge in [-0.2, -0.15) is 9.78 Å². The van der Waals surface area contributed by atoms with Crippen LogP contribution in [0.3, 0.4) is 0 Å². The lowest BCUT2D eigenvalue weighted by Crippen LogP contribution is -2.17. The molecule has 0 aliphatic rings. The van der Waals surface area contributed by atoms with Crippen LogP contribution in [0.1, 0.15) is 5.56 Å². The fraction of sp³-hybridized carbons (Fsp3) is 0.190. The van der Waals surface area contributed by atoms with Gasteiger partial charge in [0, 0.05) is 17.0 Å². The number of nitrogens with one attached hydrogen (secondary N) is 1. The molecule has 0 spiro atoms. The Morgan fingerprint density at radius 1 is 1.00 bits per heavy atom. The second kappa shape index (κ2) is 7.78. The van der Waals surface area contributed by atoms with E-state index in [-0.39, 0.29) is 5.56 Å². The van der Waals surface area contributed by atoms with Gasteiger partial charge in [-0.05, 0) is 24.3 Å². The summed E-state index contributed by atoms with van der Waals surface area (Å²) in [5.74, 6) is 2.15. The lowest BCUT2D eigenvalue weighted by molar-refractivity contribution is 0.324. The van der Waals surface area contributed by atoms with Crippen molar-refractivity contribution >= 4 is 28.2 Å². The summed E-state index contributed by atoms with van der Waals surface area (Å²) in [4.78, 5) is 20.4. The first-order valence-electron chi connectivity index (χ1n) is 9.01. The van der Waals surface area contributed by atoms with Crippen molar-refractivity contribution in [1.82, 2.24) is 14.6 Å². The molecule has 0 fully saturated rings. The van der Waals surface area contributed by atoms with E-state index in [1.165, 1.54) is 33.9 Å². The van der Waals surface area contributed by atoms with Crippen molar-refractivity contribution in [2.45, 2.75) is 0 Å². The maximum Gasteiger partial charge on any atom is 0.298 e. The second-order valence-corrected chi connectivity index (χ2v) is 6.36. The van der Waals surface area contributed by atoms with E-state index in [1.54, 1.807) is 19.2 Å². The summed E-state index contributed by atoms with van der Waals surface area (Å²) in [6.45, 7) is 0. The second-order valence-electron chi connectivity index (χ2n) is 6.36. The summed E-state index contributed by atoms with van der Waals surface area (Å²) in [6.07, 6.45) is 2.90. The first-order chi connectivity index (χ1) is 14.6. The number of aromatic nitrogens is 3. The van der Waals surface area contributed by atoms with Gasteiger partial charge in [-0.25, -0.2) is 4.98 Å². The van der Waals surface area contributed by atoms with Gasteiger partial charge < -0.3 is 23.9 Å². The van der Waals surface area contributed by atoms with Crippen molar-refractivity contribution in [2.75, 3.05) is 28.4 Å². The van der Waals surface area contributed by atoms with E-state index in [9.17, 15) is 4.79 Å². The van der Waals surface area contributed by atoms with E-state index in [4.69, 9.17) is 18.9 Å². The quantitative estimate of drug-likeness (QED) is 0.493. The summed E-state index contributed by atoms with van der Waals surface area (Å²) in [6, 6.07) is 8.97. The zero-order valence-corrected chi connectivity index (χ0v) is 16.9. The summed E-state index contributed by atoms with van der Waals surface area (Å²) in [7, 11) is 6.19. The van der Waals surface area contributed by atoms with Crippen LogP contribution in [0.4, 0.5) is 0 Å². The number of ether oxygens (including phenoxy) is 4. The lowest BCUT2D eigenvalue weighted by Gasteiger charge is -2.12. The van der Waals surface area contributed by atoms with E-state index >= 15 is 0 Å². The SMILES string of the molecule is COc1ccc2c(c1)[nH]c1c(=O)n(/N=C\c3cc(OC)c(OC)c(OC)c3)cnc12. The number of methoxy groups -OCH3 is 4. The fourth-order valence-electron chi connectivity index (χ4n) is 3.24. The molecule has 9 heteroatoms. The Bertz CT molecular complexity index is 1300. The molecule has 0 atom stereocenters. The highest BCUT2D eigenvalue weighted by molar-refractivity contribution is 6.04. The number of aromatic amines is 1. The van der Waals surface area contributed by atoms with Gasteiger partial charge in [-0.1, -0.05) is 0 Å². The zero-order valence-electron chi connectivity index (χ0n) is 16.9. The van der Waals surface area contributed by atoms with Crippen LogP contribution in [0.5, 0.6) is 23.0 Å². The third-order valence-electron chi connectivity index (χ3n) is 4.71. The van der Waals surface area contributed by atoms with Gasteiger partial charge in [0.15, 0.2) is 11.5 Å². The smallest absolute Gasteiger partial charge is 0.298 e.